The van der Waals surface area contributed by atoms with E-state index in [1.165, 1.54) is 31.0 Å². The van der Waals surface area contributed by atoms with E-state index in [-0.39, 0.29) is 4.75 Å². The molecule has 2 heteroatoms. The summed E-state index contributed by atoms with van der Waals surface area (Å²) in [5, 5.41) is 11.4. The molecule has 1 nitrogen and oxygen atoms in total. The van der Waals surface area contributed by atoms with Crippen LogP contribution in [0.3, 0.4) is 0 Å². The van der Waals surface area contributed by atoms with Crippen LogP contribution >= 0.6 is 11.8 Å². The molecule has 0 aromatic carbocycles. The first-order valence-corrected chi connectivity index (χ1v) is 8.04. The molecule has 2 aliphatic rings. The van der Waals surface area contributed by atoms with E-state index in [2.05, 4.69) is 39.2 Å². The van der Waals surface area contributed by atoms with Gasteiger partial charge in [0.15, 0.2) is 0 Å². The van der Waals surface area contributed by atoms with Gasteiger partial charge in [0.2, 0.25) is 0 Å². The molecule has 18 heavy (non-hydrogen) atoms. The third kappa shape index (κ3) is 2.77. The summed E-state index contributed by atoms with van der Waals surface area (Å²) in [7, 11) is 0. The Bertz CT molecular complexity index is 379. The standard InChI is InChI=1S/C16H25NS/c1-11(2)14-7-15-12(3)5-6-13(15)8-16(4,9-14)18-10-17/h7,11-13,15H,5-6,8-9H2,1-4H3/t12-,13+,15-,16+/m0/s1. The average molecular weight is 263 g/mol. The Morgan fingerprint density at radius 1 is 1.44 bits per heavy atom. The molecule has 2 aliphatic carbocycles. The molecule has 0 radical (unpaired) electrons. The maximum atomic E-state index is 9.09. The molecule has 2 rings (SSSR count). The molecule has 0 amide bonds. The van der Waals surface area contributed by atoms with E-state index < -0.39 is 0 Å². The molecule has 0 unspecified atom stereocenters. The van der Waals surface area contributed by atoms with Gasteiger partial charge in [-0.2, -0.15) is 5.26 Å². The highest BCUT2D eigenvalue weighted by molar-refractivity contribution is 8.05. The highest BCUT2D eigenvalue weighted by atomic mass is 32.2. The van der Waals surface area contributed by atoms with Gasteiger partial charge >= 0.3 is 0 Å². The SMILES string of the molecule is CC(C)C1=C[C@@H]2[C@H](CC[C@@H]2C)C[C@@](C)(SC#N)C1. The third-order valence-electron chi connectivity index (χ3n) is 4.91. The van der Waals surface area contributed by atoms with E-state index in [1.54, 1.807) is 5.57 Å². The second-order valence-corrected chi connectivity index (χ2v) is 8.18. The summed E-state index contributed by atoms with van der Waals surface area (Å²) in [6, 6.07) is 0. The summed E-state index contributed by atoms with van der Waals surface area (Å²) in [4.78, 5) is 0. The lowest BCUT2D eigenvalue weighted by molar-refractivity contribution is 0.356. The zero-order valence-electron chi connectivity index (χ0n) is 12.1. The van der Waals surface area contributed by atoms with Crippen molar-refractivity contribution in [1.29, 1.82) is 5.26 Å². The molecule has 0 spiro atoms. The van der Waals surface area contributed by atoms with Gasteiger partial charge in [0.05, 0.1) is 0 Å². The lowest BCUT2D eigenvalue weighted by Gasteiger charge is -2.29. The van der Waals surface area contributed by atoms with E-state index in [9.17, 15) is 0 Å². The Morgan fingerprint density at radius 3 is 2.78 bits per heavy atom. The van der Waals surface area contributed by atoms with Crippen LogP contribution in [0.5, 0.6) is 0 Å². The number of rotatable bonds is 2. The van der Waals surface area contributed by atoms with Crippen molar-refractivity contribution < 1.29 is 0 Å². The molecule has 0 saturated heterocycles. The molecule has 0 bridgehead atoms. The highest BCUT2D eigenvalue weighted by Crippen LogP contribution is 2.50. The topological polar surface area (TPSA) is 23.8 Å². The smallest absolute Gasteiger partial charge is 0.133 e. The first-order valence-electron chi connectivity index (χ1n) is 7.23. The Morgan fingerprint density at radius 2 is 2.17 bits per heavy atom. The number of hydrogen-bond donors (Lipinski definition) is 0. The van der Waals surface area contributed by atoms with E-state index in [0.29, 0.717) is 5.92 Å². The number of nitriles is 1. The van der Waals surface area contributed by atoms with Crippen LogP contribution in [0.2, 0.25) is 0 Å². The average Bonchev–Trinajstić information content (AvgIpc) is 2.54. The predicted molar refractivity (Wildman–Crippen MR) is 79.1 cm³/mol. The number of hydrogen-bond acceptors (Lipinski definition) is 2. The van der Waals surface area contributed by atoms with Crippen molar-refractivity contribution in [2.24, 2.45) is 23.7 Å². The zero-order chi connectivity index (χ0) is 13.3. The predicted octanol–water partition coefficient (Wildman–Crippen LogP) is 5.00. The van der Waals surface area contributed by atoms with Crippen molar-refractivity contribution >= 4 is 11.8 Å². The Hall–Kier alpha value is -0.420. The largest absolute Gasteiger partial charge is 0.185 e. The Labute approximate surface area is 116 Å². The van der Waals surface area contributed by atoms with E-state index in [4.69, 9.17) is 5.26 Å². The Kier molecular flexibility index (Phi) is 4.11. The first-order chi connectivity index (χ1) is 8.45. The monoisotopic (exact) mass is 263 g/mol. The summed E-state index contributed by atoms with van der Waals surface area (Å²) in [6.45, 7) is 9.29. The van der Waals surface area contributed by atoms with E-state index >= 15 is 0 Å². The van der Waals surface area contributed by atoms with Crippen molar-refractivity contribution in [3.63, 3.8) is 0 Å². The van der Waals surface area contributed by atoms with Gasteiger partial charge in [-0.3, -0.25) is 0 Å². The van der Waals surface area contributed by atoms with Crippen molar-refractivity contribution in [1.82, 2.24) is 0 Å². The summed E-state index contributed by atoms with van der Waals surface area (Å²) in [6.07, 6.45) is 7.62. The van der Waals surface area contributed by atoms with Crippen LogP contribution in [-0.2, 0) is 0 Å². The second kappa shape index (κ2) is 5.29. The van der Waals surface area contributed by atoms with Gasteiger partial charge in [-0.25, -0.2) is 0 Å². The highest BCUT2D eigenvalue weighted by Gasteiger charge is 2.41. The van der Waals surface area contributed by atoms with E-state index in [1.807, 2.05) is 0 Å². The molecule has 0 N–H and O–H groups in total. The maximum Gasteiger partial charge on any atom is 0.133 e. The van der Waals surface area contributed by atoms with Gasteiger partial charge in [-0.15, -0.1) is 0 Å². The van der Waals surface area contributed by atoms with Crippen molar-refractivity contribution in [3.05, 3.63) is 11.6 Å². The van der Waals surface area contributed by atoms with Crippen molar-refractivity contribution in [3.8, 4) is 5.40 Å². The van der Waals surface area contributed by atoms with Gasteiger partial charge in [0, 0.05) is 4.75 Å². The van der Waals surface area contributed by atoms with Gasteiger partial charge in [0.1, 0.15) is 5.40 Å². The molecular weight excluding hydrogens is 238 g/mol. The van der Waals surface area contributed by atoms with Crippen LogP contribution in [0, 0.1) is 34.3 Å². The van der Waals surface area contributed by atoms with Crippen LogP contribution in [0.4, 0.5) is 0 Å². The third-order valence-corrected chi connectivity index (χ3v) is 5.80. The normalized spacial score (nSPS) is 40.0. The summed E-state index contributed by atoms with van der Waals surface area (Å²) in [5.74, 6) is 3.03. The number of thiocyanates is 1. The lowest BCUT2D eigenvalue weighted by Crippen LogP contribution is -2.24. The van der Waals surface area contributed by atoms with Crippen LogP contribution in [0.25, 0.3) is 0 Å². The lowest BCUT2D eigenvalue weighted by atomic mass is 9.86. The molecule has 1 saturated carbocycles. The molecule has 4 atom stereocenters. The molecule has 0 aromatic rings. The summed E-state index contributed by atoms with van der Waals surface area (Å²) < 4.78 is 0.133. The number of fused-ring (bicyclic) bond motifs is 1. The second-order valence-electron chi connectivity index (χ2n) is 6.81. The van der Waals surface area contributed by atoms with Crippen LogP contribution in [-0.4, -0.2) is 4.75 Å². The number of allylic oxidation sites excluding steroid dienone is 2. The minimum Gasteiger partial charge on any atom is -0.185 e. The molecule has 1 fully saturated rings. The summed E-state index contributed by atoms with van der Waals surface area (Å²) in [5.41, 5.74) is 1.58. The molecular formula is C16H25NS. The number of thioether (sulfide) groups is 1. The Balaban J connectivity index is 2.30. The fraction of sp³-hybridized carbons (Fsp3) is 0.812. The van der Waals surface area contributed by atoms with Gasteiger partial charge in [-0.05, 0) is 68.0 Å². The van der Waals surface area contributed by atoms with Crippen LogP contribution in [0.15, 0.2) is 11.6 Å². The summed E-state index contributed by atoms with van der Waals surface area (Å²) >= 11 is 1.50. The van der Waals surface area contributed by atoms with Gasteiger partial charge in [0.25, 0.3) is 0 Å². The first kappa shape index (κ1) is 14.0. The molecule has 0 aliphatic heterocycles. The van der Waals surface area contributed by atoms with Crippen LogP contribution < -0.4 is 0 Å². The van der Waals surface area contributed by atoms with Crippen LogP contribution in [0.1, 0.15) is 53.4 Å². The maximum absolute atomic E-state index is 9.09. The molecule has 0 heterocycles. The zero-order valence-corrected chi connectivity index (χ0v) is 12.9. The van der Waals surface area contributed by atoms with Crippen molar-refractivity contribution in [2.75, 3.05) is 0 Å². The minimum atomic E-state index is 0.133. The minimum absolute atomic E-state index is 0.133. The molecule has 100 valence electrons. The number of nitrogens with zero attached hydrogens (tertiary/aromatic N) is 1. The fourth-order valence-corrected chi connectivity index (χ4v) is 4.57. The van der Waals surface area contributed by atoms with Gasteiger partial charge in [-0.1, -0.05) is 32.4 Å². The quantitative estimate of drug-likeness (QED) is 0.517. The molecule has 0 aromatic heterocycles. The van der Waals surface area contributed by atoms with Crippen molar-refractivity contribution in [2.45, 2.75) is 58.1 Å². The van der Waals surface area contributed by atoms with Gasteiger partial charge < -0.3 is 0 Å². The fourth-order valence-electron chi connectivity index (χ4n) is 3.81. The van der Waals surface area contributed by atoms with E-state index in [0.717, 1.165) is 24.2 Å².